The molecule has 0 saturated carbocycles. The smallest absolute Gasteiger partial charge is 0.251 e. The van der Waals surface area contributed by atoms with Gasteiger partial charge in [0, 0.05) is 26.6 Å². The van der Waals surface area contributed by atoms with Crippen LogP contribution in [0.1, 0.15) is 33.2 Å². The van der Waals surface area contributed by atoms with E-state index in [0.717, 1.165) is 37.3 Å². The molecule has 3 aromatic carbocycles. The fraction of sp³-hybridized carbons (Fsp3) is 0.148. The third kappa shape index (κ3) is 5.33. The number of aromatic nitrogens is 2. The zero-order chi connectivity index (χ0) is 24.4. The van der Waals surface area contributed by atoms with Gasteiger partial charge in [-0.3, -0.25) is 9.52 Å². The summed E-state index contributed by atoms with van der Waals surface area (Å²) in [6, 6.07) is 23.3. The van der Waals surface area contributed by atoms with E-state index in [2.05, 4.69) is 56.9 Å². The van der Waals surface area contributed by atoms with E-state index >= 15 is 0 Å². The van der Waals surface area contributed by atoms with Crippen LogP contribution in [0.5, 0.6) is 5.88 Å². The van der Waals surface area contributed by atoms with E-state index in [1.807, 2.05) is 54.6 Å². The number of carbonyl (C=O) groups is 1. The van der Waals surface area contributed by atoms with Crippen molar-refractivity contribution in [3.8, 4) is 17.1 Å². The number of ether oxygens (including phenoxy) is 1. The lowest BCUT2D eigenvalue weighted by molar-refractivity contribution is 0.0925. The van der Waals surface area contributed by atoms with Gasteiger partial charge in [0.1, 0.15) is 6.10 Å². The Morgan fingerprint density at radius 2 is 1.71 bits per heavy atom. The first-order valence-electron chi connectivity index (χ1n) is 11.2. The van der Waals surface area contributed by atoms with E-state index in [4.69, 9.17) is 9.72 Å². The fourth-order valence-electron chi connectivity index (χ4n) is 4.02. The Bertz CT molecular complexity index is 1370. The number of nitrogens with one attached hydrogen (secondary N) is 2. The molecule has 4 bridgehead atoms. The second-order valence-corrected chi connectivity index (χ2v) is 10.1. The standard InChI is InChI=1S/C27H23BrN4O2S/c1-16-5-3-6-17(2)25(16)22-14-24-31-27(30-22)32-35-21-8-4-7-19(13-21)26(33)29-15-23(34-24)18-9-11-20(28)12-10-18/h3-14,23H,15H2,1-2H3,(H,29,33)(H,30,31,32). The highest BCUT2D eigenvalue weighted by Crippen LogP contribution is 2.32. The van der Waals surface area contributed by atoms with Crippen LogP contribution in [0.2, 0.25) is 0 Å². The van der Waals surface area contributed by atoms with Gasteiger partial charge in [0.2, 0.25) is 11.8 Å². The first-order valence-corrected chi connectivity index (χ1v) is 12.8. The van der Waals surface area contributed by atoms with E-state index in [-0.39, 0.29) is 12.5 Å². The van der Waals surface area contributed by atoms with Gasteiger partial charge in [-0.1, -0.05) is 52.3 Å². The highest BCUT2D eigenvalue weighted by molar-refractivity contribution is 9.10. The van der Waals surface area contributed by atoms with Gasteiger partial charge >= 0.3 is 0 Å². The molecule has 0 saturated heterocycles. The van der Waals surface area contributed by atoms with Crippen molar-refractivity contribution in [2.75, 3.05) is 11.3 Å². The Hall–Kier alpha value is -3.36. The number of amides is 1. The average Bonchev–Trinajstić information content (AvgIpc) is 2.86. The number of nitrogens with zero attached hydrogens (tertiary/aromatic N) is 2. The maximum Gasteiger partial charge on any atom is 0.251 e. The third-order valence-corrected chi connectivity index (χ3v) is 7.05. The molecule has 1 atom stereocenters. The van der Waals surface area contributed by atoms with Crippen molar-refractivity contribution < 1.29 is 9.53 Å². The summed E-state index contributed by atoms with van der Waals surface area (Å²) in [7, 11) is 0. The number of halogens is 1. The quantitative estimate of drug-likeness (QED) is 0.279. The van der Waals surface area contributed by atoms with Crippen LogP contribution in [0.25, 0.3) is 11.3 Å². The van der Waals surface area contributed by atoms with Crippen molar-refractivity contribution in [2.24, 2.45) is 0 Å². The van der Waals surface area contributed by atoms with E-state index in [1.165, 1.54) is 11.9 Å². The average molecular weight is 547 g/mol. The normalized spacial score (nSPS) is 15.5. The van der Waals surface area contributed by atoms with Crippen LogP contribution in [-0.2, 0) is 0 Å². The van der Waals surface area contributed by atoms with Crippen LogP contribution >= 0.6 is 27.9 Å². The van der Waals surface area contributed by atoms with Gasteiger partial charge in [0.25, 0.3) is 5.91 Å². The molecule has 1 aromatic heterocycles. The van der Waals surface area contributed by atoms with Gasteiger partial charge in [-0.05, 0) is 72.8 Å². The number of hydrogen-bond acceptors (Lipinski definition) is 6. The minimum atomic E-state index is -0.447. The Morgan fingerprint density at radius 3 is 2.49 bits per heavy atom. The molecule has 0 spiro atoms. The first-order chi connectivity index (χ1) is 17.0. The highest BCUT2D eigenvalue weighted by Gasteiger charge is 2.20. The molecule has 0 radical (unpaired) electrons. The molecule has 6 nitrogen and oxygen atoms in total. The van der Waals surface area contributed by atoms with Crippen LogP contribution in [0.3, 0.4) is 0 Å². The second kappa shape index (κ2) is 10.1. The largest absolute Gasteiger partial charge is 0.467 e. The number of carbonyl (C=O) groups excluding carboxylic acids is 1. The summed E-state index contributed by atoms with van der Waals surface area (Å²) in [6.45, 7) is 4.42. The van der Waals surface area contributed by atoms with Crippen LogP contribution in [0, 0.1) is 13.8 Å². The number of aryl methyl sites for hydroxylation is 2. The van der Waals surface area contributed by atoms with Gasteiger partial charge in [0.15, 0.2) is 0 Å². The number of fused-ring (bicyclic) bond motifs is 4. The van der Waals surface area contributed by atoms with Crippen LogP contribution in [-0.4, -0.2) is 22.4 Å². The number of rotatable bonds is 2. The van der Waals surface area contributed by atoms with Gasteiger partial charge in [-0.15, -0.1) is 0 Å². The molecule has 0 aliphatic carbocycles. The van der Waals surface area contributed by atoms with E-state index < -0.39 is 6.10 Å². The number of benzene rings is 3. The predicted molar refractivity (Wildman–Crippen MR) is 143 cm³/mol. The SMILES string of the molecule is Cc1cccc(C)c1-c1cc2nc(n1)NSc1cccc(c1)C(=O)NCC(c1ccc(Br)cc1)O2. The summed E-state index contributed by atoms with van der Waals surface area (Å²) in [5, 5.41) is 3.02. The number of hydrogen-bond donors (Lipinski definition) is 2. The molecule has 4 aromatic rings. The molecule has 2 heterocycles. The fourth-order valence-corrected chi connectivity index (χ4v) is 4.92. The van der Waals surface area contributed by atoms with Crippen molar-refractivity contribution in [3.05, 3.63) is 99.5 Å². The number of anilines is 1. The third-order valence-electron chi connectivity index (χ3n) is 5.75. The van der Waals surface area contributed by atoms with E-state index in [1.54, 1.807) is 6.07 Å². The summed E-state index contributed by atoms with van der Waals surface area (Å²) in [5.74, 6) is 0.698. The molecule has 8 heteroatoms. The predicted octanol–water partition coefficient (Wildman–Crippen LogP) is 6.51. The molecule has 1 aliphatic rings. The maximum atomic E-state index is 12.9. The molecule has 1 amide bonds. The lowest BCUT2D eigenvalue weighted by Gasteiger charge is -2.20. The van der Waals surface area contributed by atoms with E-state index in [9.17, 15) is 4.79 Å². The lowest BCUT2D eigenvalue weighted by Crippen LogP contribution is -2.30. The Morgan fingerprint density at radius 1 is 0.971 bits per heavy atom. The van der Waals surface area contributed by atoms with Crippen molar-refractivity contribution in [3.63, 3.8) is 0 Å². The van der Waals surface area contributed by atoms with Crippen LogP contribution in [0.15, 0.2) is 82.2 Å². The van der Waals surface area contributed by atoms with E-state index in [0.29, 0.717) is 17.4 Å². The minimum absolute atomic E-state index is 0.161. The Balaban J connectivity index is 1.61. The van der Waals surface area contributed by atoms with Crippen molar-refractivity contribution in [1.29, 1.82) is 0 Å². The Kier molecular flexibility index (Phi) is 6.74. The summed E-state index contributed by atoms with van der Waals surface area (Å²) in [6.07, 6.45) is -0.447. The maximum absolute atomic E-state index is 12.9. The molecule has 2 N–H and O–H groups in total. The monoisotopic (exact) mass is 546 g/mol. The van der Waals surface area contributed by atoms with Crippen molar-refractivity contribution in [1.82, 2.24) is 15.3 Å². The molecule has 176 valence electrons. The van der Waals surface area contributed by atoms with Gasteiger partial charge in [-0.2, -0.15) is 4.98 Å². The lowest BCUT2D eigenvalue weighted by atomic mass is 10.00. The molecule has 1 aliphatic heterocycles. The molecule has 0 fully saturated rings. The Labute approximate surface area is 216 Å². The minimum Gasteiger partial charge on any atom is -0.467 e. The van der Waals surface area contributed by atoms with Crippen LogP contribution in [0.4, 0.5) is 5.95 Å². The van der Waals surface area contributed by atoms with Gasteiger partial charge in [-0.25, -0.2) is 4.98 Å². The van der Waals surface area contributed by atoms with Crippen molar-refractivity contribution >= 4 is 39.7 Å². The van der Waals surface area contributed by atoms with Gasteiger partial charge < -0.3 is 10.1 Å². The molecule has 1 unspecified atom stereocenters. The van der Waals surface area contributed by atoms with Crippen LogP contribution < -0.4 is 14.8 Å². The highest BCUT2D eigenvalue weighted by atomic mass is 79.9. The molecule has 5 rings (SSSR count). The summed E-state index contributed by atoms with van der Waals surface area (Å²) in [5.41, 5.74) is 5.57. The molecular weight excluding hydrogens is 524 g/mol. The summed E-state index contributed by atoms with van der Waals surface area (Å²) < 4.78 is 10.6. The molecule has 35 heavy (non-hydrogen) atoms. The summed E-state index contributed by atoms with van der Waals surface area (Å²) >= 11 is 4.84. The first kappa shape index (κ1) is 23.4. The zero-order valence-electron chi connectivity index (χ0n) is 19.2. The van der Waals surface area contributed by atoms with Crippen molar-refractivity contribution in [2.45, 2.75) is 24.8 Å². The zero-order valence-corrected chi connectivity index (χ0v) is 21.6. The van der Waals surface area contributed by atoms with Gasteiger partial charge in [0.05, 0.1) is 12.2 Å². The molecular formula is C27H23BrN4O2S. The second-order valence-electron chi connectivity index (χ2n) is 8.28. The topological polar surface area (TPSA) is 76.1 Å². The summed E-state index contributed by atoms with van der Waals surface area (Å²) in [4.78, 5) is 23.2.